The van der Waals surface area contributed by atoms with Crippen LogP contribution in [-0.4, -0.2) is 32.3 Å². The summed E-state index contributed by atoms with van der Waals surface area (Å²) in [6, 6.07) is 2.96. The van der Waals surface area contributed by atoms with Crippen LogP contribution in [0.5, 0.6) is 5.75 Å². The zero-order valence-electron chi connectivity index (χ0n) is 10.8. The average Bonchev–Trinajstić information content (AvgIpc) is 2.37. The van der Waals surface area contributed by atoms with Gasteiger partial charge in [0.1, 0.15) is 5.75 Å². The average molecular weight is 339 g/mol. The maximum Gasteiger partial charge on any atom is 0.257 e. The number of hydrogen-bond donors (Lipinski definition) is 1. The Morgan fingerprint density at radius 3 is 2.55 bits per heavy atom. The highest BCUT2D eigenvalue weighted by Crippen LogP contribution is 2.33. The Kier molecular flexibility index (Phi) is 5.02. The van der Waals surface area contributed by atoms with E-state index in [-0.39, 0.29) is 17.9 Å². The minimum absolute atomic E-state index is 0.0247. The third-order valence-electron chi connectivity index (χ3n) is 2.95. The molecular weight excluding hydrogens is 325 g/mol. The van der Waals surface area contributed by atoms with E-state index in [4.69, 9.17) is 44.3 Å². The summed E-state index contributed by atoms with van der Waals surface area (Å²) >= 11 is 17.6. The number of carbonyl (C=O) groups excluding carboxylic acids is 1. The number of ether oxygens (including phenoxy) is 2. The molecule has 1 aromatic rings. The zero-order chi connectivity index (χ0) is 14.8. The van der Waals surface area contributed by atoms with Gasteiger partial charge >= 0.3 is 0 Å². The van der Waals surface area contributed by atoms with E-state index < -0.39 is 0 Å². The molecule has 2 rings (SSSR count). The molecule has 1 amide bonds. The molecule has 0 unspecified atom stereocenters. The summed E-state index contributed by atoms with van der Waals surface area (Å²) in [5, 5.41) is 3.77. The molecule has 1 aromatic carbocycles. The number of carbonyl (C=O) groups is 1. The Morgan fingerprint density at radius 1 is 1.30 bits per heavy atom. The number of benzene rings is 1. The summed E-state index contributed by atoms with van der Waals surface area (Å²) in [6.07, 6.45) is 0. The van der Waals surface area contributed by atoms with E-state index in [9.17, 15) is 4.79 Å². The number of hydrogen-bond acceptors (Lipinski definition) is 3. The van der Waals surface area contributed by atoms with Crippen molar-refractivity contribution in [2.24, 2.45) is 5.41 Å². The number of nitrogens with one attached hydrogen (secondary N) is 1. The van der Waals surface area contributed by atoms with Gasteiger partial charge in [-0.05, 0) is 6.07 Å². The first-order valence-electron chi connectivity index (χ1n) is 6.01. The van der Waals surface area contributed by atoms with Crippen molar-refractivity contribution in [3.63, 3.8) is 0 Å². The number of rotatable bonds is 5. The largest absolute Gasteiger partial charge is 0.482 e. The molecule has 1 N–H and O–H groups in total. The van der Waals surface area contributed by atoms with E-state index >= 15 is 0 Å². The van der Waals surface area contributed by atoms with Gasteiger partial charge in [-0.1, -0.05) is 41.7 Å². The fourth-order valence-electron chi connectivity index (χ4n) is 1.67. The monoisotopic (exact) mass is 337 g/mol. The Balaban J connectivity index is 1.82. The van der Waals surface area contributed by atoms with Gasteiger partial charge in [-0.2, -0.15) is 0 Å². The summed E-state index contributed by atoms with van der Waals surface area (Å²) in [6.45, 7) is 3.80. The molecule has 0 saturated carbocycles. The highest BCUT2D eigenvalue weighted by Gasteiger charge is 2.33. The highest BCUT2D eigenvalue weighted by molar-refractivity contribution is 6.43. The van der Waals surface area contributed by atoms with E-state index in [1.165, 1.54) is 12.1 Å². The maximum atomic E-state index is 11.7. The lowest BCUT2D eigenvalue weighted by Crippen LogP contribution is -2.49. The number of amides is 1. The molecule has 0 spiro atoms. The van der Waals surface area contributed by atoms with Gasteiger partial charge in [0.05, 0.1) is 28.3 Å². The van der Waals surface area contributed by atoms with Crippen molar-refractivity contribution in [3.8, 4) is 5.75 Å². The Hall–Kier alpha value is -0.680. The molecular formula is C13H14Cl3NO3. The first-order chi connectivity index (χ1) is 9.39. The molecule has 1 fully saturated rings. The molecule has 20 heavy (non-hydrogen) atoms. The topological polar surface area (TPSA) is 47.6 Å². The van der Waals surface area contributed by atoms with Crippen LogP contribution in [-0.2, 0) is 9.53 Å². The molecule has 0 aromatic heterocycles. The van der Waals surface area contributed by atoms with E-state index in [0.29, 0.717) is 40.6 Å². The third kappa shape index (κ3) is 3.92. The predicted molar refractivity (Wildman–Crippen MR) is 78.9 cm³/mol. The molecule has 7 heteroatoms. The Labute approximate surface area is 132 Å². The lowest BCUT2D eigenvalue weighted by molar-refractivity contribution is -0.128. The molecule has 0 bridgehead atoms. The van der Waals surface area contributed by atoms with Gasteiger partial charge in [-0.3, -0.25) is 4.79 Å². The molecule has 1 aliphatic rings. The maximum absolute atomic E-state index is 11.7. The molecule has 0 atom stereocenters. The smallest absolute Gasteiger partial charge is 0.257 e. The molecule has 4 nitrogen and oxygen atoms in total. The van der Waals surface area contributed by atoms with Crippen LogP contribution < -0.4 is 10.1 Å². The van der Waals surface area contributed by atoms with Crippen LogP contribution >= 0.6 is 34.8 Å². The van der Waals surface area contributed by atoms with Gasteiger partial charge < -0.3 is 14.8 Å². The second-order valence-corrected chi connectivity index (χ2v) is 6.29. The zero-order valence-corrected chi connectivity index (χ0v) is 13.1. The van der Waals surface area contributed by atoms with Crippen LogP contribution in [0.1, 0.15) is 6.92 Å². The summed E-state index contributed by atoms with van der Waals surface area (Å²) in [5.41, 5.74) is 0.0247. The van der Waals surface area contributed by atoms with Crippen LogP contribution in [0.25, 0.3) is 0 Å². The van der Waals surface area contributed by atoms with Gasteiger partial charge in [0, 0.05) is 18.0 Å². The van der Waals surface area contributed by atoms with E-state index in [1.807, 2.05) is 6.92 Å². The fourth-order valence-corrected chi connectivity index (χ4v) is 2.27. The van der Waals surface area contributed by atoms with Crippen molar-refractivity contribution >= 4 is 40.7 Å². The third-order valence-corrected chi connectivity index (χ3v) is 3.96. The van der Waals surface area contributed by atoms with Gasteiger partial charge in [-0.15, -0.1) is 0 Å². The van der Waals surface area contributed by atoms with Crippen molar-refractivity contribution in [2.75, 3.05) is 26.4 Å². The normalized spacial score (nSPS) is 16.4. The van der Waals surface area contributed by atoms with E-state index in [0.717, 1.165) is 0 Å². The highest BCUT2D eigenvalue weighted by atomic mass is 35.5. The SMILES string of the molecule is CC1(CNC(=O)COc2cc(Cl)c(Cl)cc2Cl)COC1. The van der Waals surface area contributed by atoms with Crippen LogP contribution in [0.3, 0.4) is 0 Å². The van der Waals surface area contributed by atoms with Crippen LogP contribution in [0, 0.1) is 5.41 Å². The number of halogens is 3. The Morgan fingerprint density at radius 2 is 1.95 bits per heavy atom. The second kappa shape index (κ2) is 6.39. The minimum atomic E-state index is -0.222. The first kappa shape index (κ1) is 15.7. The van der Waals surface area contributed by atoms with E-state index in [2.05, 4.69) is 5.32 Å². The molecule has 1 heterocycles. The first-order valence-corrected chi connectivity index (χ1v) is 7.15. The molecule has 0 aliphatic carbocycles. The van der Waals surface area contributed by atoms with E-state index in [1.54, 1.807) is 0 Å². The Bertz CT molecular complexity index is 518. The van der Waals surface area contributed by atoms with Gasteiger partial charge in [0.15, 0.2) is 6.61 Å². The molecule has 0 radical (unpaired) electrons. The van der Waals surface area contributed by atoms with Crippen molar-refractivity contribution in [2.45, 2.75) is 6.92 Å². The molecule has 1 saturated heterocycles. The quantitative estimate of drug-likeness (QED) is 0.839. The fraction of sp³-hybridized carbons (Fsp3) is 0.462. The van der Waals surface area contributed by atoms with Crippen molar-refractivity contribution < 1.29 is 14.3 Å². The summed E-state index contributed by atoms with van der Waals surface area (Å²) in [7, 11) is 0. The molecule has 110 valence electrons. The van der Waals surface area contributed by atoms with Gasteiger partial charge in [-0.25, -0.2) is 0 Å². The van der Waals surface area contributed by atoms with Crippen LogP contribution in [0.4, 0.5) is 0 Å². The summed E-state index contributed by atoms with van der Waals surface area (Å²) < 4.78 is 10.4. The second-order valence-electron chi connectivity index (χ2n) is 5.07. The summed E-state index contributed by atoms with van der Waals surface area (Å²) in [5.74, 6) is 0.106. The lowest BCUT2D eigenvalue weighted by atomic mass is 9.89. The standard InChI is InChI=1S/C13H14Cl3NO3/c1-13(6-19-7-13)5-17-12(18)4-20-11-3-9(15)8(14)2-10(11)16/h2-3H,4-7H2,1H3,(H,17,18). The summed E-state index contributed by atoms with van der Waals surface area (Å²) in [4.78, 5) is 11.7. The van der Waals surface area contributed by atoms with Crippen molar-refractivity contribution in [1.82, 2.24) is 5.32 Å². The molecule has 1 aliphatic heterocycles. The predicted octanol–water partition coefficient (Wildman–Crippen LogP) is 3.18. The van der Waals surface area contributed by atoms with Crippen molar-refractivity contribution in [3.05, 3.63) is 27.2 Å². The van der Waals surface area contributed by atoms with Crippen molar-refractivity contribution in [1.29, 1.82) is 0 Å². The van der Waals surface area contributed by atoms with Crippen LogP contribution in [0.15, 0.2) is 12.1 Å². The lowest BCUT2D eigenvalue weighted by Gasteiger charge is -2.37. The van der Waals surface area contributed by atoms with Gasteiger partial charge in [0.25, 0.3) is 5.91 Å². The minimum Gasteiger partial charge on any atom is -0.482 e. The van der Waals surface area contributed by atoms with Gasteiger partial charge in [0.2, 0.25) is 0 Å². The van der Waals surface area contributed by atoms with Crippen LogP contribution in [0.2, 0.25) is 15.1 Å².